The largest absolute Gasteiger partial charge is 0.497 e. The van der Waals surface area contributed by atoms with E-state index in [0.29, 0.717) is 6.54 Å². The Morgan fingerprint density at radius 3 is 2.52 bits per heavy atom. The molecule has 5 heteroatoms. The van der Waals surface area contributed by atoms with E-state index in [0.717, 1.165) is 43.2 Å². The molecule has 1 fully saturated rings. The average molecular weight is 340 g/mol. The number of nitrogens with one attached hydrogen (secondary N) is 2. The fourth-order valence-electron chi connectivity index (χ4n) is 3.21. The Morgan fingerprint density at radius 1 is 1.16 bits per heavy atom. The summed E-state index contributed by atoms with van der Waals surface area (Å²) in [5, 5.41) is 3.00. The van der Waals surface area contributed by atoms with E-state index in [2.05, 4.69) is 22.3 Å². The number of aryl methyl sites for hydroxylation is 1. The van der Waals surface area contributed by atoms with Crippen LogP contribution in [0.4, 0.5) is 11.4 Å². The maximum atomic E-state index is 12.3. The lowest BCUT2D eigenvalue weighted by Crippen LogP contribution is -3.15. The number of hydrogen-bond acceptors (Lipinski definition) is 3. The van der Waals surface area contributed by atoms with Gasteiger partial charge in [-0.05, 0) is 48.9 Å². The van der Waals surface area contributed by atoms with Crippen molar-refractivity contribution in [3.63, 3.8) is 0 Å². The van der Waals surface area contributed by atoms with Crippen molar-refractivity contribution >= 4 is 17.3 Å². The monoisotopic (exact) mass is 340 g/mol. The number of nitrogens with zero attached hydrogens (tertiary/aromatic N) is 1. The fraction of sp³-hybridized carbons (Fsp3) is 0.350. The second kappa shape index (κ2) is 8.03. The molecular formula is C20H26N3O2+. The van der Waals surface area contributed by atoms with E-state index < -0.39 is 0 Å². The zero-order valence-electron chi connectivity index (χ0n) is 14.9. The molecule has 0 atom stereocenters. The predicted octanol–water partition coefficient (Wildman–Crippen LogP) is 1.35. The number of piperazine rings is 1. The number of carbonyl (C=O) groups is 1. The topological polar surface area (TPSA) is 46.0 Å². The molecule has 25 heavy (non-hydrogen) atoms. The standard InChI is InChI=1S/C20H25N3O2/c1-16-4-3-5-17(14-16)21-20(24)15-22-10-12-23(13-11-22)18-6-8-19(25-2)9-7-18/h3-9,14H,10-13,15H2,1-2H3,(H,21,24)/p+1. The second-order valence-electron chi connectivity index (χ2n) is 6.53. The minimum atomic E-state index is 0.0819. The first-order chi connectivity index (χ1) is 12.1. The highest BCUT2D eigenvalue weighted by Gasteiger charge is 2.22. The molecule has 1 heterocycles. The number of amides is 1. The molecule has 132 valence electrons. The van der Waals surface area contributed by atoms with E-state index in [1.54, 1.807) is 7.11 Å². The van der Waals surface area contributed by atoms with Crippen molar-refractivity contribution in [2.45, 2.75) is 6.92 Å². The van der Waals surface area contributed by atoms with E-state index in [-0.39, 0.29) is 5.91 Å². The summed E-state index contributed by atoms with van der Waals surface area (Å²) in [6, 6.07) is 16.1. The van der Waals surface area contributed by atoms with Crippen LogP contribution in [-0.2, 0) is 4.79 Å². The van der Waals surface area contributed by atoms with E-state index in [4.69, 9.17) is 4.74 Å². The normalized spacial score (nSPS) is 15.0. The molecule has 5 nitrogen and oxygen atoms in total. The molecule has 2 N–H and O–H groups in total. The summed E-state index contributed by atoms with van der Waals surface area (Å²) in [5.74, 6) is 0.958. The molecule has 0 aromatic heterocycles. The maximum Gasteiger partial charge on any atom is 0.279 e. The molecule has 1 aliphatic rings. The molecule has 0 spiro atoms. The highest BCUT2D eigenvalue weighted by molar-refractivity contribution is 5.91. The molecule has 0 unspecified atom stereocenters. The number of anilines is 2. The third-order valence-corrected chi connectivity index (χ3v) is 4.62. The van der Waals surface area contributed by atoms with Gasteiger partial charge in [0.25, 0.3) is 5.91 Å². The van der Waals surface area contributed by atoms with Crippen LogP contribution in [0.1, 0.15) is 5.56 Å². The van der Waals surface area contributed by atoms with Gasteiger partial charge in [-0.3, -0.25) is 4.79 Å². The van der Waals surface area contributed by atoms with Crippen LogP contribution in [-0.4, -0.2) is 45.7 Å². The number of benzene rings is 2. The number of ether oxygens (including phenoxy) is 1. The summed E-state index contributed by atoms with van der Waals surface area (Å²) in [5.41, 5.74) is 3.24. The molecule has 0 aliphatic carbocycles. The Hall–Kier alpha value is -2.53. The molecule has 3 rings (SSSR count). The van der Waals surface area contributed by atoms with Crippen LogP contribution in [0.25, 0.3) is 0 Å². The van der Waals surface area contributed by atoms with Gasteiger partial charge in [-0.15, -0.1) is 0 Å². The average Bonchev–Trinajstić information content (AvgIpc) is 2.62. The predicted molar refractivity (Wildman–Crippen MR) is 101 cm³/mol. The van der Waals surface area contributed by atoms with Crippen molar-refractivity contribution in [3.8, 4) is 5.75 Å². The first kappa shape index (κ1) is 17.3. The van der Waals surface area contributed by atoms with Gasteiger partial charge in [0.1, 0.15) is 5.75 Å². The molecule has 1 amide bonds. The Morgan fingerprint density at radius 2 is 1.88 bits per heavy atom. The molecule has 2 aromatic carbocycles. The summed E-state index contributed by atoms with van der Waals surface area (Å²) in [7, 11) is 1.68. The van der Waals surface area contributed by atoms with Crippen LogP contribution in [0.5, 0.6) is 5.75 Å². The van der Waals surface area contributed by atoms with E-state index in [9.17, 15) is 4.79 Å². The Balaban J connectivity index is 1.47. The molecule has 0 saturated carbocycles. The van der Waals surface area contributed by atoms with Crippen LogP contribution in [0.3, 0.4) is 0 Å². The van der Waals surface area contributed by atoms with E-state index >= 15 is 0 Å². The Labute approximate surface area is 149 Å². The van der Waals surface area contributed by atoms with Gasteiger partial charge >= 0.3 is 0 Å². The zero-order valence-corrected chi connectivity index (χ0v) is 14.9. The van der Waals surface area contributed by atoms with Crippen LogP contribution >= 0.6 is 0 Å². The van der Waals surface area contributed by atoms with Gasteiger partial charge in [0.15, 0.2) is 6.54 Å². The summed E-state index contributed by atoms with van der Waals surface area (Å²) in [4.78, 5) is 15.9. The summed E-state index contributed by atoms with van der Waals surface area (Å²) < 4.78 is 5.21. The summed E-state index contributed by atoms with van der Waals surface area (Å²) >= 11 is 0. The molecular weight excluding hydrogens is 314 g/mol. The Bertz CT molecular complexity index is 707. The van der Waals surface area contributed by atoms with Gasteiger partial charge in [-0.25, -0.2) is 0 Å². The number of quaternary nitrogens is 1. The van der Waals surface area contributed by atoms with Crippen molar-refractivity contribution in [2.24, 2.45) is 0 Å². The SMILES string of the molecule is COc1ccc(N2CC[NH+](CC(=O)Nc3cccc(C)c3)CC2)cc1. The zero-order chi connectivity index (χ0) is 17.6. The first-order valence-electron chi connectivity index (χ1n) is 8.73. The molecule has 0 radical (unpaired) electrons. The molecule has 0 bridgehead atoms. The molecule has 1 saturated heterocycles. The van der Waals surface area contributed by atoms with Crippen molar-refractivity contribution in [2.75, 3.05) is 50.1 Å². The number of carbonyl (C=O) groups excluding carboxylic acids is 1. The van der Waals surface area contributed by atoms with E-state index in [1.807, 2.05) is 43.3 Å². The molecule has 1 aliphatic heterocycles. The minimum Gasteiger partial charge on any atom is -0.497 e. The van der Waals surface area contributed by atoms with Crippen molar-refractivity contribution in [1.29, 1.82) is 0 Å². The highest BCUT2D eigenvalue weighted by Crippen LogP contribution is 2.18. The van der Waals surface area contributed by atoms with Gasteiger partial charge in [-0.2, -0.15) is 0 Å². The lowest BCUT2D eigenvalue weighted by atomic mass is 10.2. The van der Waals surface area contributed by atoms with Crippen LogP contribution in [0.2, 0.25) is 0 Å². The lowest BCUT2D eigenvalue weighted by molar-refractivity contribution is -0.892. The number of methoxy groups -OCH3 is 1. The summed E-state index contributed by atoms with van der Waals surface area (Å²) in [6.07, 6.45) is 0. The van der Waals surface area contributed by atoms with Crippen molar-refractivity contribution < 1.29 is 14.4 Å². The quantitative estimate of drug-likeness (QED) is 0.864. The minimum absolute atomic E-state index is 0.0819. The molecule has 2 aromatic rings. The van der Waals surface area contributed by atoms with Crippen LogP contribution in [0, 0.1) is 6.92 Å². The maximum absolute atomic E-state index is 12.3. The van der Waals surface area contributed by atoms with Crippen molar-refractivity contribution in [3.05, 3.63) is 54.1 Å². The van der Waals surface area contributed by atoms with Crippen LogP contribution < -0.4 is 19.9 Å². The van der Waals surface area contributed by atoms with Crippen molar-refractivity contribution in [1.82, 2.24) is 0 Å². The van der Waals surface area contributed by atoms with Gasteiger partial charge in [0, 0.05) is 11.4 Å². The first-order valence-corrected chi connectivity index (χ1v) is 8.73. The van der Waals surface area contributed by atoms with Gasteiger partial charge < -0.3 is 19.9 Å². The highest BCUT2D eigenvalue weighted by atomic mass is 16.5. The fourth-order valence-corrected chi connectivity index (χ4v) is 3.21. The Kier molecular flexibility index (Phi) is 5.56. The second-order valence-corrected chi connectivity index (χ2v) is 6.53. The van der Waals surface area contributed by atoms with Crippen LogP contribution in [0.15, 0.2) is 48.5 Å². The number of hydrogen-bond donors (Lipinski definition) is 2. The summed E-state index contributed by atoms with van der Waals surface area (Å²) in [6.45, 7) is 6.39. The van der Waals surface area contributed by atoms with Gasteiger partial charge in [-0.1, -0.05) is 12.1 Å². The third-order valence-electron chi connectivity index (χ3n) is 4.62. The van der Waals surface area contributed by atoms with Gasteiger partial charge in [0.05, 0.1) is 33.3 Å². The van der Waals surface area contributed by atoms with E-state index in [1.165, 1.54) is 10.6 Å². The third kappa shape index (κ3) is 4.73. The smallest absolute Gasteiger partial charge is 0.279 e. The lowest BCUT2D eigenvalue weighted by Gasteiger charge is -2.33. The van der Waals surface area contributed by atoms with Gasteiger partial charge in [0.2, 0.25) is 0 Å². The number of rotatable bonds is 5.